The van der Waals surface area contributed by atoms with Crippen molar-refractivity contribution in [1.82, 2.24) is 0 Å². The van der Waals surface area contributed by atoms with Gasteiger partial charge >= 0.3 is 0 Å². The first kappa shape index (κ1) is 6.05. The number of hydrogen-bond donors (Lipinski definition) is 1. The minimum absolute atomic E-state index is 0.734. The van der Waals surface area contributed by atoms with Gasteiger partial charge in [0.25, 0.3) is 0 Å². The molecule has 0 aliphatic carbocycles. The molecule has 1 aliphatic heterocycles. The van der Waals surface area contributed by atoms with Crippen molar-refractivity contribution >= 4 is 0 Å². The fourth-order valence-electron chi connectivity index (χ4n) is 0.934. The summed E-state index contributed by atoms with van der Waals surface area (Å²) in [6, 6.07) is 0.734. The lowest BCUT2D eigenvalue weighted by atomic mass is 10.3. The monoisotopic (exact) mass is 116 g/mol. The van der Waals surface area contributed by atoms with Gasteiger partial charge in [0.2, 0.25) is 0 Å². The zero-order valence-electron chi connectivity index (χ0n) is 5.61. The number of rotatable bonds is 1. The molecule has 1 saturated heterocycles. The van der Waals surface area contributed by atoms with Gasteiger partial charge in [0.15, 0.2) is 6.73 Å². The van der Waals surface area contributed by atoms with E-state index >= 15 is 0 Å². The molecule has 0 aromatic carbocycles. The minimum Gasteiger partial charge on any atom is -0.326 e. The summed E-state index contributed by atoms with van der Waals surface area (Å²) in [5.41, 5.74) is 0. The Bertz CT molecular complexity index is 66.9. The average molecular weight is 116 g/mol. The molecule has 48 valence electrons. The number of hydrogen-bond acceptors (Lipinski definition) is 1. The van der Waals surface area contributed by atoms with Crippen molar-refractivity contribution in [3.8, 4) is 0 Å². The van der Waals surface area contributed by atoms with Crippen molar-refractivity contribution in [3.63, 3.8) is 0 Å². The van der Waals surface area contributed by atoms with Crippen LogP contribution in [-0.2, 0) is 4.74 Å². The first-order valence-electron chi connectivity index (χ1n) is 3.23. The fourth-order valence-corrected chi connectivity index (χ4v) is 0.934. The van der Waals surface area contributed by atoms with Gasteiger partial charge in [-0.1, -0.05) is 0 Å². The Morgan fingerprint density at radius 2 is 2.25 bits per heavy atom. The summed E-state index contributed by atoms with van der Waals surface area (Å²) in [6.45, 7) is 7.51. The third kappa shape index (κ3) is 1.20. The number of quaternary nitrogens is 1. The van der Waals surface area contributed by atoms with Gasteiger partial charge < -0.3 is 9.64 Å². The average Bonchev–Trinajstić information content (AvgIpc) is 2.12. The van der Waals surface area contributed by atoms with Gasteiger partial charge in [-0.25, -0.2) is 0 Å². The van der Waals surface area contributed by atoms with Crippen LogP contribution in [0.3, 0.4) is 0 Å². The van der Waals surface area contributed by atoms with Crippen LogP contribution in [0.4, 0.5) is 0 Å². The highest BCUT2D eigenvalue weighted by Crippen LogP contribution is 1.77. The molecule has 0 aromatic rings. The van der Waals surface area contributed by atoms with Crippen LogP contribution in [0.15, 0.2) is 0 Å². The van der Waals surface area contributed by atoms with E-state index in [1.807, 2.05) is 0 Å². The molecule has 2 heteroatoms. The SMILES string of the molecule is CC(C)[NH+]1CCOC1. The third-order valence-corrected chi connectivity index (χ3v) is 1.67. The largest absolute Gasteiger partial charge is 0.326 e. The van der Waals surface area contributed by atoms with Gasteiger partial charge in [0.1, 0.15) is 13.2 Å². The Labute approximate surface area is 50.4 Å². The van der Waals surface area contributed by atoms with Crippen molar-refractivity contribution in [3.05, 3.63) is 0 Å². The Hall–Kier alpha value is -0.0800. The molecule has 1 atom stereocenters. The molecule has 8 heavy (non-hydrogen) atoms. The Balaban J connectivity index is 2.24. The predicted molar refractivity (Wildman–Crippen MR) is 31.8 cm³/mol. The van der Waals surface area contributed by atoms with E-state index in [-0.39, 0.29) is 0 Å². The van der Waals surface area contributed by atoms with Crippen molar-refractivity contribution < 1.29 is 9.64 Å². The van der Waals surface area contributed by atoms with E-state index in [9.17, 15) is 0 Å². The second-order valence-electron chi connectivity index (χ2n) is 2.62. The molecule has 1 heterocycles. The van der Waals surface area contributed by atoms with Crippen molar-refractivity contribution in [2.75, 3.05) is 19.9 Å². The van der Waals surface area contributed by atoms with Gasteiger partial charge in [-0.05, 0) is 13.8 Å². The fraction of sp³-hybridized carbons (Fsp3) is 1.00. The summed E-state index contributed by atoms with van der Waals surface area (Å²) in [6.07, 6.45) is 0. The molecule has 1 fully saturated rings. The molecule has 0 spiro atoms. The first-order chi connectivity index (χ1) is 3.80. The van der Waals surface area contributed by atoms with Gasteiger partial charge in [-0.2, -0.15) is 0 Å². The smallest absolute Gasteiger partial charge is 0.182 e. The van der Waals surface area contributed by atoms with E-state index in [1.165, 1.54) is 6.54 Å². The molecule has 0 amide bonds. The molecule has 1 aliphatic rings. The maximum atomic E-state index is 5.18. The highest BCUT2D eigenvalue weighted by Gasteiger charge is 2.17. The normalized spacial score (nSPS) is 29.6. The maximum Gasteiger partial charge on any atom is 0.182 e. The third-order valence-electron chi connectivity index (χ3n) is 1.67. The molecule has 0 aromatic heterocycles. The van der Waals surface area contributed by atoms with E-state index in [0.717, 1.165) is 19.4 Å². The number of ether oxygens (including phenoxy) is 1. The zero-order chi connectivity index (χ0) is 5.98. The molecule has 2 nitrogen and oxygen atoms in total. The lowest BCUT2D eigenvalue weighted by Crippen LogP contribution is -3.13. The van der Waals surface area contributed by atoms with E-state index < -0.39 is 0 Å². The van der Waals surface area contributed by atoms with Crippen LogP contribution < -0.4 is 4.90 Å². The summed E-state index contributed by atoms with van der Waals surface area (Å²) in [5.74, 6) is 0. The van der Waals surface area contributed by atoms with Crippen molar-refractivity contribution in [2.45, 2.75) is 19.9 Å². The first-order valence-corrected chi connectivity index (χ1v) is 3.23. The van der Waals surface area contributed by atoms with Crippen molar-refractivity contribution in [1.29, 1.82) is 0 Å². The molecule has 0 bridgehead atoms. The molecule has 0 radical (unpaired) electrons. The molecule has 0 saturated carbocycles. The summed E-state index contributed by atoms with van der Waals surface area (Å²) < 4.78 is 5.18. The maximum absolute atomic E-state index is 5.18. The predicted octanol–water partition coefficient (Wildman–Crippen LogP) is -0.733. The Morgan fingerprint density at radius 3 is 2.50 bits per heavy atom. The topological polar surface area (TPSA) is 13.7 Å². The second kappa shape index (κ2) is 2.46. The highest BCUT2D eigenvalue weighted by molar-refractivity contribution is 4.37. The van der Waals surface area contributed by atoms with Crippen LogP contribution in [0.25, 0.3) is 0 Å². The zero-order valence-corrected chi connectivity index (χ0v) is 5.61. The summed E-state index contributed by atoms with van der Waals surface area (Å²) in [4.78, 5) is 1.57. The molecular formula is C6H14NO+. The summed E-state index contributed by atoms with van der Waals surface area (Å²) in [7, 11) is 0. The van der Waals surface area contributed by atoms with Gasteiger partial charge in [-0.15, -0.1) is 0 Å². The summed E-state index contributed by atoms with van der Waals surface area (Å²) >= 11 is 0. The van der Waals surface area contributed by atoms with Crippen LogP contribution in [-0.4, -0.2) is 25.9 Å². The second-order valence-corrected chi connectivity index (χ2v) is 2.62. The molecule has 1 N–H and O–H groups in total. The molecule has 1 rings (SSSR count). The molecule has 1 unspecified atom stereocenters. The van der Waals surface area contributed by atoms with Crippen molar-refractivity contribution in [2.24, 2.45) is 0 Å². The Kier molecular flexibility index (Phi) is 1.86. The Morgan fingerprint density at radius 1 is 1.50 bits per heavy atom. The summed E-state index contributed by atoms with van der Waals surface area (Å²) in [5, 5.41) is 0. The molecular weight excluding hydrogens is 102 g/mol. The van der Waals surface area contributed by atoms with Crippen LogP contribution >= 0.6 is 0 Å². The minimum atomic E-state index is 0.734. The lowest BCUT2D eigenvalue weighted by Gasteiger charge is -2.13. The van der Waals surface area contributed by atoms with Crippen LogP contribution in [0.2, 0.25) is 0 Å². The standard InChI is InChI=1S/C6H13NO/c1-6(2)7-3-4-8-5-7/h6H,3-5H2,1-2H3/p+1. The van der Waals surface area contributed by atoms with Gasteiger partial charge in [0.05, 0.1) is 6.04 Å². The van der Waals surface area contributed by atoms with E-state index in [4.69, 9.17) is 4.74 Å². The van der Waals surface area contributed by atoms with E-state index in [0.29, 0.717) is 0 Å². The lowest BCUT2D eigenvalue weighted by molar-refractivity contribution is -0.918. The quantitative estimate of drug-likeness (QED) is 0.477. The van der Waals surface area contributed by atoms with E-state index in [2.05, 4.69) is 13.8 Å². The van der Waals surface area contributed by atoms with Gasteiger partial charge in [-0.3, -0.25) is 0 Å². The van der Waals surface area contributed by atoms with Crippen LogP contribution in [0, 0.1) is 0 Å². The van der Waals surface area contributed by atoms with Gasteiger partial charge in [0, 0.05) is 0 Å². The number of nitrogens with one attached hydrogen (secondary N) is 1. The van der Waals surface area contributed by atoms with E-state index in [1.54, 1.807) is 4.90 Å². The van der Waals surface area contributed by atoms with Crippen LogP contribution in [0.1, 0.15) is 13.8 Å². The van der Waals surface area contributed by atoms with Crippen LogP contribution in [0.5, 0.6) is 0 Å². The highest BCUT2D eigenvalue weighted by atomic mass is 16.5.